The summed E-state index contributed by atoms with van der Waals surface area (Å²) in [6, 6.07) is 1.24. The minimum Gasteiger partial charge on any atom is -0.326 e. The molecule has 0 spiro atoms. The quantitative estimate of drug-likeness (QED) is 0.595. The van der Waals surface area contributed by atoms with Gasteiger partial charge in [-0.15, -0.1) is 0 Å². The molecular weight excluding hydrogens is 140 g/mol. The maximum atomic E-state index is 3.50. The molecule has 0 saturated carbocycles. The van der Waals surface area contributed by atoms with Crippen LogP contribution in [0.2, 0.25) is 6.55 Å². The monoisotopic (exact) mass is 160 g/mol. The number of hydrogen-bond acceptors (Lipinski definition) is 2. The van der Waals surface area contributed by atoms with Crippen molar-refractivity contribution in [2.45, 2.75) is 46.3 Å². The first-order valence-electron chi connectivity index (χ1n) is 4.04. The van der Waals surface area contributed by atoms with Crippen LogP contribution in [-0.2, 0) is 0 Å². The van der Waals surface area contributed by atoms with Crippen LogP contribution in [0.25, 0.3) is 0 Å². The van der Waals surface area contributed by atoms with Crippen molar-refractivity contribution in [3.05, 3.63) is 0 Å². The van der Waals surface area contributed by atoms with Crippen molar-refractivity contribution < 1.29 is 0 Å². The van der Waals surface area contributed by atoms with E-state index in [4.69, 9.17) is 0 Å². The third-order valence-electron chi connectivity index (χ3n) is 1.17. The molecule has 0 aliphatic rings. The Morgan fingerprint density at radius 1 is 0.900 bits per heavy atom. The summed E-state index contributed by atoms with van der Waals surface area (Å²) in [5.74, 6) is 0. The van der Waals surface area contributed by atoms with E-state index < -0.39 is 9.12 Å². The Hall–Kier alpha value is 0.137. The molecule has 2 nitrogen and oxygen atoms in total. The number of hydrogen-bond donors (Lipinski definition) is 2. The lowest BCUT2D eigenvalue weighted by Crippen LogP contribution is -2.50. The van der Waals surface area contributed by atoms with Crippen molar-refractivity contribution in [2.24, 2.45) is 0 Å². The number of nitrogens with one attached hydrogen (secondary N) is 2. The van der Waals surface area contributed by atoms with E-state index in [0.29, 0.717) is 12.1 Å². The molecule has 62 valence electrons. The van der Waals surface area contributed by atoms with Gasteiger partial charge in [-0.25, -0.2) is 0 Å². The predicted molar refractivity (Wildman–Crippen MR) is 49.6 cm³/mol. The molecule has 0 radical (unpaired) electrons. The fourth-order valence-electron chi connectivity index (χ4n) is 1.05. The third kappa shape index (κ3) is 6.26. The van der Waals surface area contributed by atoms with Gasteiger partial charge in [-0.05, 0) is 18.6 Å². The molecule has 0 atom stereocenters. The van der Waals surface area contributed by atoms with Gasteiger partial charge in [0.15, 0.2) is 9.12 Å². The van der Waals surface area contributed by atoms with Crippen LogP contribution in [0.4, 0.5) is 0 Å². The Labute approximate surface area is 66.2 Å². The maximum absolute atomic E-state index is 3.50. The van der Waals surface area contributed by atoms with Gasteiger partial charge in [0.25, 0.3) is 0 Å². The van der Waals surface area contributed by atoms with Gasteiger partial charge in [0.05, 0.1) is 0 Å². The van der Waals surface area contributed by atoms with Crippen LogP contribution < -0.4 is 9.96 Å². The first kappa shape index (κ1) is 10.1. The van der Waals surface area contributed by atoms with E-state index in [2.05, 4.69) is 44.2 Å². The Morgan fingerprint density at radius 2 is 1.20 bits per heavy atom. The van der Waals surface area contributed by atoms with Gasteiger partial charge in [0.1, 0.15) is 0 Å². The van der Waals surface area contributed by atoms with Crippen molar-refractivity contribution in [3.8, 4) is 0 Å². The largest absolute Gasteiger partial charge is 0.326 e. The second-order valence-corrected chi connectivity index (χ2v) is 5.47. The second kappa shape index (κ2) is 4.88. The SMILES string of the molecule is CC(C)N[SiH](C)NC(C)C. The zero-order valence-corrected chi connectivity index (χ0v) is 8.89. The van der Waals surface area contributed by atoms with Crippen molar-refractivity contribution in [2.75, 3.05) is 0 Å². The maximum Gasteiger partial charge on any atom is 0.181 e. The van der Waals surface area contributed by atoms with Crippen molar-refractivity contribution in [1.29, 1.82) is 0 Å². The molecule has 2 N–H and O–H groups in total. The summed E-state index contributed by atoms with van der Waals surface area (Å²) in [6.07, 6.45) is 0. The summed E-state index contributed by atoms with van der Waals surface area (Å²) in [7, 11) is -0.818. The van der Waals surface area contributed by atoms with E-state index in [1.54, 1.807) is 0 Å². The van der Waals surface area contributed by atoms with Crippen molar-refractivity contribution >= 4 is 9.12 Å². The molecule has 3 heteroatoms. The molecular formula is C7H20N2Si. The topological polar surface area (TPSA) is 24.1 Å². The highest BCUT2D eigenvalue weighted by Gasteiger charge is 2.05. The highest BCUT2D eigenvalue weighted by Crippen LogP contribution is 1.81. The molecule has 0 heterocycles. The van der Waals surface area contributed by atoms with Crippen LogP contribution >= 0.6 is 0 Å². The lowest BCUT2D eigenvalue weighted by Gasteiger charge is -2.18. The highest BCUT2D eigenvalue weighted by molar-refractivity contribution is 6.51. The van der Waals surface area contributed by atoms with Crippen LogP contribution in [0.15, 0.2) is 0 Å². The smallest absolute Gasteiger partial charge is 0.181 e. The summed E-state index contributed by atoms with van der Waals surface area (Å²) < 4.78 is 0. The molecule has 0 unspecified atom stereocenters. The molecule has 0 amide bonds. The molecule has 0 saturated heterocycles. The summed E-state index contributed by atoms with van der Waals surface area (Å²) in [4.78, 5) is 7.00. The first-order chi connectivity index (χ1) is 4.52. The Balaban J connectivity index is 3.34. The molecule has 0 aliphatic heterocycles. The van der Waals surface area contributed by atoms with Gasteiger partial charge in [-0.1, -0.05) is 27.7 Å². The van der Waals surface area contributed by atoms with E-state index in [-0.39, 0.29) is 0 Å². The van der Waals surface area contributed by atoms with E-state index in [0.717, 1.165) is 0 Å². The lowest BCUT2D eigenvalue weighted by atomic mass is 10.4. The molecule has 0 rings (SSSR count). The predicted octanol–water partition coefficient (Wildman–Crippen LogP) is 0.833. The highest BCUT2D eigenvalue weighted by atomic mass is 28.3. The molecule has 0 aromatic rings. The van der Waals surface area contributed by atoms with Crippen LogP contribution in [0.1, 0.15) is 27.7 Å². The zero-order valence-electron chi connectivity index (χ0n) is 7.73. The summed E-state index contributed by atoms with van der Waals surface area (Å²) in [6.45, 7) is 11.0. The standard InChI is InChI=1S/C7H20N2Si/c1-6(2)8-10(5)9-7(3)4/h6-10H,1-5H3. The Morgan fingerprint density at radius 3 is 1.40 bits per heavy atom. The van der Waals surface area contributed by atoms with Gasteiger partial charge in [0.2, 0.25) is 0 Å². The molecule has 0 aromatic carbocycles. The van der Waals surface area contributed by atoms with E-state index in [1.807, 2.05) is 0 Å². The van der Waals surface area contributed by atoms with Crippen LogP contribution in [-0.4, -0.2) is 21.2 Å². The molecule has 10 heavy (non-hydrogen) atoms. The van der Waals surface area contributed by atoms with Crippen LogP contribution in [0.3, 0.4) is 0 Å². The molecule has 0 bridgehead atoms. The van der Waals surface area contributed by atoms with Crippen molar-refractivity contribution in [3.63, 3.8) is 0 Å². The van der Waals surface area contributed by atoms with Gasteiger partial charge < -0.3 is 9.96 Å². The van der Waals surface area contributed by atoms with Gasteiger partial charge in [0, 0.05) is 0 Å². The second-order valence-electron chi connectivity index (χ2n) is 3.36. The van der Waals surface area contributed by atoms with Crippen LogP contribution in [0.5, 0.6) is 0 Å². The van der Waals surface area contributed by atoms with Gasteiger partial charge in [-0.3, -0.25) is 0 Å². The number of rotatable bonds is 4. The van der Waals surface area contributed by atoms with Gasteiger partial charge >= 0.3 is 0 Å². The minimum absolute atomic E-state index is 0.618. The zero-order chi connectivity index (χ0) is 8.15. The van der Waals surface area contributed by atoms with E-state index >= 15 is 0 Å². The molecule has 0 aromatic heterocycles. The normalized spacial score (nSPS) is 12.0. The minimum atomic E-state index is -0.818. The lowest BCUT2D eigenvalue weighted by molar-refractivity contribution is 0.684. The summed E-state index contributed by atoms with van der Waals surface area (Å²) in [5.41, 5.74) is 0. The summed E-state index contributed by atoms with van der Waals surface area (Å²) in [5, 5.41) is 0. The molecule has 0 aliphatic carbocycles. The Kier molecular flexibility index (Phi) is 4.94. The average molecular weight is 160 g/mol. The van der Waals surface area contributed by atoms with E-state index in [1.165, 1.54) is 0 Å². The van der Waals surface area contributed by atoms with Gasteiger partial charge in [-0.2, -0.15) is 0 Å². The average Bonchev–Trinajstić information content (AvgIpc) is 1.58. The Bertz CT molecular complexity index is 73.7. The first-order valence-corrected chi connectivity index (χ1v) is 6.35. The fraction of sp³-hybridized carbons (Fsp3) is 1.00. The van der Waals surface area contributed by atoms with E-state index in [9.17, 15) is 0 Å². The third-order valence-corrected chi connectivity index (χ3v) is 3.50. The summed E-state index contributed by atoms with van der Waals surface area (Å²) >= 11 is 0. The molecule has 0 fully saturated rings. The fourth-order valence-corrected chi connectivity index (χ4v) is 3.14. The van der Waals surface area contributed by atoms with Crippen molar-refractivity contribution in [1.82, 2.24) is 9.96 Å². The van der Waals surface area contributed by atoms with Crippen LogP contribution in [0, 0.1) is 0 Å².